The fourth-order valence-electron chi connectivity index (χ4n) is 5.10. The number of aryl methyl sites for hydroxylation is 3. The van der Waals surface area contributed by atoms with Crippen LogP contribution in [0.25, 0.3) is 11.6 Å². The van der Waals surface area contributed by atoms with Gasteiger partial charge in [-0.25, -0.2) is 0 Å². The van der Waals surface area contributed by atoms with Gasteiger partial charge in [-0.1, -0.05) is 143 Å². The van der Waals surface area contributed by atoms with Crippen LogP contribution in [0.2, 0.25) is 0 Å². The van der Waals surface area contributed by atoms with Gasteiger partial charge in [0.15, 0.2) is 0 Å². The van der Waals surface area contributed by atoms with E-state index in [4.69, 9.17) is 0 Å². The summed E-state index contributed by atoms with van der Waals surface area (Å²) >= 11 is 0. The van der Waals surface area contributed by atoms with Crippen LogP contribution in [0.1, 0.15) is 113 Å². The third-order valence-corrected chi connectivity index (χ3v) is 8.34. The van der Waals surface area contributed by atoms with Crippen LogP contribution in [0.15, 0.2) is 132 Å². The maximum Gasteiger partial charge on any atom is 0.150 e. The highest BCUT2D eigenvalue weighted by Gasteiger charge is 2.10. The van der Waals surface area contributed by atoms with Crippen LogP contribution < -0.4 is 0 Å². The zero-order valence-electron chi connectivity index (χ0n) is 31.2. The molecule has 1 nitrogen and oxygen atoms in total. The third-order valence-electron chi connectivity index (χ3n) is 8.34. The first-order valence-electron chi connectivity index (χ1n) is 17.1. The highest BCUT2D eigenvalue weighted by molar-refractivity contribution is 5.77. The van der Waals surface area contributed by atoms with Crippen LogP contribution in [0.5, 0.6) is 0 Å². The van der Waals surface area contributed by atoms with Gasteiger partial charge in [0.05, 0.1) is 0 Å². The SMILES string of the molecule is C=Cc1cc(/C(C)=C(\C)C(=CCC)/C=C(C)/C(=C\C(C)=C/C)C(C)C)ccc1C.CCCc1ccccc1.Cc1ccccc1C=O. The molecule has 0 aliphatic rings. The summed E-state index contributed by atoms with van der Waals surface area (Å²) in [5.74, 6) is 0.488. The average molecular weight is 629 g/mol. The Morgan fingerprint density at radius 3 is 1.94 bits per heavy atom. The highest BCUT2D eigenvalue weighted by Crippen LogP contribution is 2.29. The fraction of sp³-hybridized carbons (Fsp3) is 0.326. The predicted octanol–water partition coefficient (Wildman–Crippen LogP) is 13.7. The second-order valence-corrected chi connectivity index (χ2v) is 12.4. The normalized spacial score (nSPS) is 12.8. The molecule has 0 unspecified atom stereocenters. The number of benzene rings is 3. The molecule has 0 aliphatic heterocycles. The van der Waals surface area contributed by atoms with E-state index in [-0.39, 0.29) is 0 Å². The lowest BCUT2D eigenvalue weighted by atomic mass is 9.89. The number of rotatable bonds is 11. The van der Waals surface area contributed by atoms with Gasteiger partial charge in [0.2, 0.25) is 0 Å². The quantitative estimate of drug-likeness (QED) is 0.152. The number of hydrogen-bond acceptors (Lipinski definition) is 1. The van der Waals surface area contributed by atoms with Gasteiger partial charge in [-0.2, -0.15) is 0 Å². The van der Waals surface area contributed by atoms with E-state index in [1.807, 2.05) is 37.3 Å². The molecule has 0 aliphatic carbocycles. The Morgan fingerprint density at radius 1 is 0.809 bits per heavy atom. The first-order valence-corrected chi connectivity index (χ1v) is 17.1. The Labute approximate surface area is 288 Å². The summed E-state index contributed by atoms with van der Waals surface area (Å²) in [5.41, 5.74) is 15.0. The smallest absolute Gasteiger partial charge is 0.150 e. The summed E-state index contributed by atoms with van der Waals surface area (Å²) in [4.78, 5) is 10.2. The molecule has 0 atom stereocenters. The van der Waals surface area contributed by atoms with E-state index >= 15 is 0 Å². The van der Waals surface area contributed by atoms with Crippen LogP contribution in [0.3, 0.4) is 0 Å². The van der Waals surface area contributed by atoms with Crippen molar-refractivity contribution in [3.8, 4) is 0 Å². The van der Waals surface area contributed by atoms with E-state index < -0.39 is 0 Å². The Bertz CT molecular complexity index is 1570. The molecule has 0 saturated carbocycles. The van der Waals surface area contributed by atoms with E-state index in [2.05, 4.69) is 149 Å². The maximum absolute atomic E-state index is 10.2. The predicted molar refractivity (Wildman–Crippen MR) is 211 cm³/mol. The van der Waals surface area contributed by atoms with E-state index in [1.165, 1.54) is 68.5 Å². The van der Waals surface area contributed by atoms with Crippen LogP contribution in [0.4, 0.5) is 0 Å². The zero-order chi connectivity index (χ0) is 35.4. The van der Waals surface area contributed by atoms with Crippen molar-refractivity contribution in [2.24, 2.45) is 5.92 Å². The molecule has 0 N–H and O–H groups in total. The first-order chi connectivity index (χ1) is 22.4. The lowest BCUT2D eigenvalue weighted by Crippen LogP contribution is -1.98. The topological polar surface area (TPSA) is 17.1 Å². The molecule has 0 amide bonds. The summed E-state index contributed by atoms with van der Waals surface area (Å²) in [6.07, 6.45) is 15.5. The summed E-state index contributed by atoms with van der Waals surface area (Å²) < 4.78 is 0. The summed E-state index contributed by atoms with van der Waals surface area (Å²) in [6.45, 7) is 27.9. The van der Waals surface area contributed by atoms with Crippen LogP contribution >= 0.6 is 0 Å². The van der Waals surface area contributed by atoms with Gasteiger partial charge < -0.3 is 0 Å². The second kappa shape index (κ2) is 22.3. The third kappa shape index (κ3) is 14.4. The van der Waals surface area contributed by atoms with E-state index in [1.54, 1.807) is 0 Å². The second-order valence-electron chi connectivity index (χ2n) is 12.4. The van der Waals surface area contributed by atoms with Gasteiger partial charge in [-0.3, -0.25) is 4.79 Å². The van der Waals surface area contributed by atoms with Crippen molar-refractivity contribution in [3.63, 3.8) is 0 Å². The zero-order valence-corrected chi connectivity index (χ0v) is 31.2. The molecule has 0 radical (unpaired) electrons. The molecule has 0 heterocycles. The molecule has 250 valence electrons. The number of carbonyl (C=O) groups excluding carboxylic acids is 1. The Balaban J connectivity index is 0.000000490. The van der Waals surface area contributed by atoms with Gasteiger partial charge in [0.1, 0.15) is 6.29 Å². The largest absolute Gasteiger partial charge is 0.298 e. The van der Waals surface area contributed by atoms with Crippen LogP contribution in [0, 0.1) is 19.8 Å². The molecule has 0 saturated heterocycles. The summed E-state index contributed by atoms with van der Waals surface area (Å²) in [7, 11) is 0. The van der Waals surface area contributed by atoms with Crippen molar-refractivity contribution >= 4 is 17.9 Å². The minimum atomic E-state index is 0.488. The molecule has 1 heteroatoms. The number of allylic oxidation sites excluding steroid dienone is 10. The summed E-state index contributed by atoms with van der Waals surface area (Å²) in [5, 5.41) is 0. The Kier molecular flexibility index (Phi) is 19.4. The van der Waals surface area contributed by atoms with Gasteiger partial charge >= 0.3 is 0 Å². The van der Waals surface area contributed by atoms with Gasteiger partial charge in [-0.05, 0) is 129 Å². The van der Waals surface area contributed by atoms with Crippen molar-refractivity contribution < 1.29 is 4.79 Å². The van der Waals surface area contributed by atoms with E-state index in [9.17, 15) is 4.79 Å². The van der Waals surface area contributed by atoms with Crippen molar-refractivity contribution in [1.29, 1.82) is 0 Å². The molecular formula is C46H60O. The standard InChI is InChI=1S/C29H40.C9H12.C8H8O/c1-11-14-27(18-23(8)29(20(4)5)17-21(6)12-2)24(9)25(10)28-16-15-22(7)26(13-3)19-28;1-2-6-9-7-4-3-5-8-9;1-7-4-2-3-5-8(7)6-9/h12-20H,3,11H2,1-2,4-10H3;3-5,7-8H,2,6H2,1H3;2-6H,1H3/b21-12-,23-18+,25-24+,27-14?,29-17-;;. The van der Waals surface area contributed by atoms with Crippen molar-refractivity contribution in [1.82, 2.24) is 0 Å². The molecule has 47 heavy (non-hydrogen) atoms. The molecule has 3 rings (SSSR count). The molecule has 0 fully saturated rings. The van der Waals surface area contributed by atoms with Gasteiger partial charge in [-0.15, -0.1) is 0 Å². The van der Waals surface area contributed by atoms with Crippen molar-refractivity contribution in [2.75, 3.05) is 0 Å². The average Bonchev–Trinajstić information content (AvgIpc) is 3.07. The molecular weight excluding hydrogens is 569 g/mol. The van der Waals surface area contributed by atoms with Gasteiger partial charge in [0.25, 0.3) is 0 Å². The highest BCUT2D eigenvalue weighted by atomic mass is 16.1. The Morgan fingerprint density at radius 2 is 1.43 bits per heavy atom. The van der Waals surface area contributed by atoms with Gasteiger partial charge in [0, 0.05) is 5.56 Å². The first kappa shape index (κ1) is 40.8. The number of carbonyl (C=O) groups is 1. The fourth-order valence-corrected chi connectivity index (χ4v) is 5.10. The molecule has 0 bridgehead atoms. The van der Waals surface area contributed by atoms with E-state index in [0.717, 1.165) is 23.8 Å². The minimum Gasteiger partial charge on any atom is -0.298 e. The van der Waals surface area contributed by atoms with Crippen LogP contribution in [-0.4, -0.2) is 6.29 Å². The monoisotopic (exact) mass is 628 g/mol. The summed E-state index contributed by atoms with van der Waals surface area (Å²) in [6, 6.07) is 24.7. The van der Waals surface area contributed by atoms with Crippen molar-refractivity contribution in [3.05, 3.63) is 165 Å². The lowest BCUT2D eigenvalue weighted by molar-refractivity contribution is 0.112. The molecule has 3 aromatic carbocycles. The number of hydrogen-bond donors (Lipinski definition) is 0. The minimum absolute atomic E-state index is 0.488. The molecule has 3 aromatic rings. The molecule has 0 aromatic heterocycles. The van der Waals surface area contributed by atoms with Crippen LogP contribution in [-0.2, 0) is 6.42 Å². The molecule has 0 spiro atoms. The van der Waals surface area contributed by atoms with E-state index in [0.29, 0.717) is 5.92 Å². The Hall–Kier alpha value is -4.23. The number of aldehydes is 1. The van der Waals surface area contributed by atoms with Crippen molar-refractivity contribution in [2.45, 2.75) is 95.4 Å². The lowest BCUT2D eigenvalue weighted by Gasteiger charge is -2.16. The maximum atomic E-state index is 10.2.